The maximum atomic E-state index is 13.4. The molecule has 0 radical (unpaired) electrons. The second-order valence-electron chi connectivity index (χ2n) is 13.3. The Kier molecular flexibility index (Phi) is 6.52. The molecular formula is C34H40N4O2. The summed E-state index contributed by atoms with van der Waals surface area (Å²) in [4.78, 5) is 34.2. The van der Waals surface area contributed by atoms with Crippen LogP contribution in [0.5, 0.6) is 0 Å². The number of benzene rings is 2. The van der Waals surface area contributed by atoms with E-state index in [0.717, 1.165) is 90.3 Å². The maximum absolute atomic E-state index is 13.4. The first-order valence-electron chi connectivity index (χ1n) is 15.3. The van der Waals surface area contributed by atoms with Crippen molar-refractivity contribution in [3.63, 3.8) is 0 Å². The van der Waals surface area contributed by atoms with Crippen LogP contribution in [0.15, 0.2) is 54.7 Å². The lowest BCUT2D eigenvalue weighted by molar-refractivity contribution is -0.140. The van der Waals surface area contributed by atoms with Crippen molar-refractivity contribution in [1.82, 2.24) is 9.97 Å². The molecule has 8 rings (SSSR count). The quantitative estimate of drug-likeness (QED) is 0.302. The van der Waals surface area contributed by atoms with Crippen LogP contribution in [0.1, 0.15) is 71.1 Å². The number of H-pyrrole nitrogens is 1. The molecule has 5 saturated carbocycles. The Morgan fingerprint density at radius 1 is 0.800 bits per heavy atom. The van der Waals surface area contributed by atoms with Gasteiger partial charge < -0.3 is 15.6 Å². The fraction of sp³-hybridized carbons (Fsp3) is 0.500. The second kappa shape index (κ2) is 10.2. The zero-order valence-corrected chi connectivity index (χ0v) is 23.4. The standard InChI is InChI=1S/C34H40N4O2/c1-21-4-2-3-5-29(21)32(39)36-27-12-8-26(9-13-27)31-35-20-30(38-31)25-6-10-28(11-7-25)37-33(40)34-17-22-14-23(18-34)16-24(15-22)19-34/h6-13,20-24,29H,2-5,14-19H2,1H3,(H,35,38)(H,36,39)(H,37,40). The summed E-state index contributed by atoms with van der Waals surface area (Å²) in [7, 11) is 0. The van der Waals surface area contributed by atoms with Gasteiger partial charge >= 0.3 is 0 Å². The minimum Gasteiger partial charge on any atom is -0.338 e. The fourth-order valence-electron chi connectivity index (χ4n) is 8.65. The lowest BCUT2D eigenvalue weighted by Gasteiger charge is -2.55. The summed E-state index contributed by atoms with van der Waals surface area (Å²) in [5.41, 5.74) is 4.47. The van der Waals surface area contributed by atoms with Gasteiger partial charge in [0.25, 0.3) is 0 Å². The highest BCUT2D eigenvalue weighted by molar-refractivity contribution is 5.96. The van der Waals surface area contributed by atoms with Gasteiger partial charge in [-0.15, -0.1) is 0 Å². The first-order valence-corrected chi connectivity index (χ1v) is 15.3. The van der Waals surface area contributed by atoms with Crippen LogP contribution in [0.25, 0.3) is 22.6 Å². The molecule has 1 aromatic heterocycles. The van der Waals surface area contributed by atoms with Crippen molar-refractivity contribution in [3.8, 4) is 22.6 Å². The highest BCUT2D eigenvalue weighted by Crippen LogP contribution is 2.60. The Balaban J connectivity index is 0.983. The number of aromatic amines is 1. The van der Waals surface area contributed by atoms with Gasteiger partial charge in [0.1, 0.15) is 5.82 Å². The number of anilines is 2. The van der Waals surface area contributed by atoms with Gasteiger partial charge in [0.15, 0.2) is 0 Å². The Hall–Kier alpha value is -3.41. The van der Waals surface area contributed by atoms with Crippen molar-refractivity contribution < 1.29 is 9.59 Å². The number of nitrogens with one attached hydrogen (secondary N) is 3. The third-order valence-corrected chi connectivity index (χ3v) is 10.4. The minimum absolute atomic E-state index is 0.109. The number of carbonyl (C=O) groups excluding carboxylic acids is 2. The average Bonchev–Trinajstić information content (AvgIpc) is 3.44. The summed E-state index contributed by atoms with van der Waals surface area (Å²) in [6.07, 6.45) is 13.6. The van der Waals surface area contributed by atoms with E-state index in [0.29, 0.717) is 5.92 Å². The van der Waals surface area contributed by atoms with Gasteiger partial charge in [0.2, 0.25) is 11.8 Å². The number of rotatable bonds is 6. The first-order chi connectivity index (χ1) is 19.4. The molecule has 5 aliphatic rings. The van der Waals surface area contributed by atoms with Gasteiger partial charge in [0.05, 0.1) is 17.3 Å². The molecule has 6 heteroatoms. The molecule has 0 spiro atoms. The Morgan fingerprint density at radius 3 is 2.00 bits per heavy atom. The van der Waals surface area contributed by atoms with Gasteiger partial charge in [-0.05, 0) is 117 Å². The van der Waals surface area contributed by atoms with Crippen molar-refractivity contribution in [2.24, 2.45) is 35.0 Å². The number of imidazole rings is 1. The predicted molar refractivity (Wildman–Crippen MR) is 158 cm³/mol. The smallest absolute Gasteiger partial charge is 0.230 e. The molecule has 4 bridgehead atoms. The lowest BCUT2D eigenvalue weighted by atomic mass is 9.49. The van der Waals surface area contributed by atoms with Gasteiger partial charge in [-0.2, -0.15) is 0 Å². The number of hydrogen-bond acceptors (Lipinski definition) is 3. The van der Waals surface area contributed by atoms with E-state index in [9.17, 15) is 9.59 Å². The topological polar surface area (TPSA) is 86.9 Å². The minimum atomic E-state index is -0.141. The molecule has 5 fully saturated rings. The predicted octanol–water partition coefficient (Wildman–Crippen LogP) is 7.66. The molecular weight excluding hydrogens is 496 g/mol. The molecule has 2 amide bonds. The molecule has 3 aromatic rings. The van der Waals surface area contributed by atoms with Crippen LogP contribution in [0, 0.1) is 35.0 Å². The summed E-state index contributed by atoms with van der Waals surface area (Å²) < 4.78 is 0. The number of aromatic nitrogens is 2. The highest BCUT2D eigenvalue weighted by atomic mass is 16.2. The van der Waals surface area contributed by atoms with Crippen LogP contribution < -0.4 is 10.6 Å². The molecule has 0 aliphatic heterocycles. The highest BCUT2D eigenvalue weighted by Gasteiger charge is 2.54. The van der Waals surface area contributed by atoms with Crippen molar-refractivity contribution in [3.05, 3.63) is 54.7 Å². The number of nitrogens with zero attached hydrogens (tertiary/aromatic N) is 1. The third kappa shape index (κ3) is 4.86. The van der Waals surface area contributed by atoms with E-state index < -0.39 is 0 Å². The number of carbonyl (C=O) groups is 2. The molecule has 1 heterocycles. The normalized spacial score (nSPS) is 30.7. The van der Waals surface area contributed by atoms with E-state index >= 15 is 0 Å². The van der Waals surface area contributed by atoms with Crippen LogP contribution in [-0.2, 0) is 9.59 Å². The van der Waals surface area contributed by atoms with Crippen molar-refractivity contribution in [2.75, 3.05) is 10.6 Å². The molecule has 5 aliphatic carbocycles. The summed E-state index contributed by atoms with van der Waals surface area (Å²) in [5.74, 6) is 3.99. The summed E-state index contributed by atoms with van der Waals surface area (Å²) >= 11 is 0. The van der Waals surface area contributed by atoms with Crippen LogP contribution in [-0.4, -0.2) is 21.8 Å². The van der Waals surface area contributed by atoms with E-state index in [4.69, 9.17) is 0 Å². The van der Waals surface area contributed by atoms with Gasteiger partial charge in [-0.1, -0.05) is 31.9 Å². The Morgan fingerprint density at radius 2 is 1.38 bits per heavy atom. The van der Waals surface area contributed by atoms with E-state index in [1.165, 1.54) is 25.7 Å². The maximum Gasteiger partial charge on any atom is 0.230 e. The summed E-state index contributed by atoms with van der Waals surface area (Å²) in [5, 5.41) is 6.36. The molecule has 2 atom stereocenters. The van der Waals surface area contributed by atoms with E-state index in [-0.39, 0.29) is 23.1 Å². The SMILES string of the molecule is CC1CCCCC1C(=O)Nc1ccc(-c2ncc(-c3ccc(NC(=O)C45CC6CC(CC(C6)C4)C5)cc3)[nH]2)cc1. The molecule has 0 saturated heterocycles. The van der Waals surface area contributed by atoms with Crippen molar-refractivity contribution >= 4 is 23.2 Å². The largest absolute Gasteiger partial charge is 0.338 e. The monoisotopic (exact) mass is 536 g/mol. The lowest BCUT2D eigenvalue weighted by Crippen LogP contribution is -2.51. The third-order valence-electron chi connectivity index (χ3n) is 10.4. The zero-order valence-electron chi connectivity index (χ0n) is 23.4. The van der Waals surface area contributed by atoms with Gasteiger partial charge in [0, 0.05) is 22.9 Å². The second-order valence-corrected chi connectivity index (χ2v) is 13.3. The Labute approximate surface area is 236 Å². The zero-order chi connectivity index (χ0) is 27.3. The van der Waals surface area contributed by atoms with E-state index in [1.807, 2.05) is 54.7 Å². The number of amides is 2. The molecule has 2 aromatic carbocycles. The molecule has 208 valence electrons. The van der Waals surface area contributed by atoms with Crippen LogP contribution in [0.3, 0.4) is 0 Å². The summed E-state index contributed by atoms with van der Waals surface area (Å²) in [6, 6.07) is 16.0. The molecule has 3 N–H and O–H groups in total. The van der Waals surface area contributed by atoms with Crippen LogP contribution >= 0.6 is 0 Å². The average molecular weight is 537 g/mol. The molecule has 40 heavy (non-hydrogen) atoms. The fourth-order valence-corrected chi connectivity index (χ4v) is 8.65. The van der Waals surface area contributed by atoms with Gasteiger partial charge in [-0.3, -0.25) is 9.59 Å². The molecule has 2 unspecified atom stereocenters. The van der Waals surface area contributed by atoms with Gasteiger partial charge in [-0.25, -0.2) is 4.98 Å². The number of hydrogen-bond donors (Lipinski definition) is 3. The van der Waals surface area contributed by atoms with Crippen molar-refractivity contribution in [1.29, 1.82) is 0 Å². The van der Waals surface area contributed by atoms with Crippen LogP contribution in [0.2, 0.25) is 0 Å². The summed E-state index contributed by atoms with van der Waals surface area (Å²) in [6.45, 7) is 2.19. The van der Waals surface area contributed by atoms with Crippen molar-refractivity contribution in [2.45, 2.75) is 71.1 Å². The molecule has 6 nitrogen and oxygen atoms in total. The first kappa shape index (κ1) is 25.6. The van der Waals surface area contributed by atoms with E-state index in [1.54, 1.807) is 0 Å². The van der Waals surface area contributed by atoms with Crippen LogP contribution in [0.4, 0.5) is 11.4 Å². The van der Waals surface area contributed by atoms with E-state index in [2.05, 4.69) is 27.5 Å². The Bertz CT molecular complexity index is 1350.